The maximum absolute atomic E-state index is 5.85. The van der Waals surface area contributed by atoms with E-state index in [1.807, 2.05) is 31.2 Å². The molecule has 2 atom stereocenters. The Morgan fingerprint density at radius 3 is 2.50 bits per heavy atom. The number of rotatable bonds is 4. The van der Waals surface area contributed by atoms with Crippen molar-refractivity contribution in [1.82, 2.24) is 0 Å². The van der Waals surface area contributed by atoms with Crippen molar-refractivity contribution in [2.24, 2.45) is 5.73 Å². The highest BCUT2D eigenvalue weighted by atomic mass is 16.5. The third kappa shape index (κ3) is 2.74. The van der Waals surface area contributed by atoms with Crippen molar-refractivity contribution in [3.05, 3.63) is 29.8 Å². The highest BCUT2D eigenvalue weighted by molar-refractivity contribution is 5.35. The van der Waals surface area contributed by atoms with Gasteiger partial charge in [-0.2, -0.15) is 0 Å². The van der Waals surface area contributed by atoms with Crippen LogP contribution in [0.4, 0.5) is 0 Å². The molecule has 0 amide bonds. The zero-order valence-electron chi connectivity index (χ0n) is 9.16. The fraction of sp³-hybridized carbons (Fsp3) is 0.500. The van der Waals surface area contributed by atoms with Crippen LogP contribution in [-0.4, -0.2) is 6.10 Å². The summed E-state index contributed by atoms with van der Waals surface area (Å²) in [5, 5.41) is 0. The minimum absolute atomic E-state index is 0.0234. The number of hydrogen-bond donors (Lipinski definition) is 1. The molecule has 0 bridgehead atoms. The normalized spacial score (nSPS) is 14.9. The fourth-order valence-corrected chi connectivity index (χ4v) is 1.26. The molecule has 2 nitrogen and oxygen atoms in total. The van der Waals surface area contributed by atoms with Gasteiger partial charge in [-0.15, -0.1) is 0 Å². The van der Waals surface area contributed by atoms with Crippen LogP contribution in [-0.2, 0) is 0 Å². The monoisotopic (exact) mass is 193 g/mol. The third-order valence-corrected chi connectivity index (χ3v) is 2.31. The van der Waals surface area contributed by atoms with Gasteiger partial charge in [-0.3, -0.25) is 0 Å². The predicted octanol–water partition coefficient (Wildman–Crippen LogP) is 2.88. The summed E-state index contributed by atoms with van der Waals surface area (Å²) in [5.41, 5.74) is 6.93. The van der Waals surface area contributed by atoms with Crippen LogP contribution in [0.25, 0.3) is 0 Å². The minimum Gasteiger partial charge on any atom is -0.490 e. The van der Waals surface area contributed by atoms with Crippen LogP contribution in [0.3, 0.4) is 0 Å². The molecule has 0 aromatic heterocycles. The summed E-state index contributed by atoms with van der Waals surface area (Å²) in [6.45, 7) is 6.15. The largest absolute Gasteiger partial charge is 0.490 e. The van der Waals surface area contributed by atoms with E-state index in [2.05, 4.69) is 13.8 Å². The Labute approximate surface area is 86.1 Å². The second kappa shape index (κ2) is 5.01. The Hall–Kier alpha value is -1.02. The summed E-state index contributed by atoms with van der Waals surface area (Å²) in [7, 11) is 0. The molecule has 14 heavy (non-hydrogen) atoms. The molecule has 2 unspecified atom stereocenters. The minimum atomic E-state index is 0.0234. The molecular weight excluding hydrogens is 174 g/mol. The summed E-state index contributed by atoms with van der Waals surface area (Å²) in [5.74, 6) is 0.914. The van der Waals surface area contributed by atoms with Gasteiger partial charge in [0, 0.05) is 11.6 Å². The molecule has 1 rings (SSSR count). The molecule has 0 radical (unpaired) electrons. The first-order valence-corrected chi connectivity index (χ1v) is 5.16. The molecule has 0 saturated carbocycles. The van der Waals surface area contributed by atoms with E-state index < -0.39 is 0 Å². The number of benzene rings is 1. The van der Waals surface area contributed by atoms with Crippen LogP contribution in [0.1, 0.15) is 38.8 Å². The van der Waals surface area contributed by atoms with Gasteiger partial charge in [0.25, 0.3) is 0 Å². The average Bonchev–Trinajstić information content (AvgIpc) is 2.18. The Balaban J connectivity index is 2.84. The Kier molecular flexibility index (Phi) is 3.96. The van der Waals surface area contributed by atoms with Crippen molar-refractivity contribution in [3.8, 4) is 5.75 Å². The molecule has 0 heterocycles. The van der Waals surface area contributed by atoms with E-state index in [9.17, 15) is 0 Å². The van der Waals surface area contributed by atoms with Crippen molar-refractivity contribution in [2.75, 3.05) is 0 Å². The van der Waals surface area contributed by atoms with Crippen LogP contribution < -0.4 is 10.5 Å². The molecule has 0 aliphatic carbocycles. The zero-order chi connectivity index (χ0) is 10.6. The predicted molar refractivity (Wildman–Crippen MR) is 59.4 cm³/mol. The molecule has 0 spiro atoms. The van der Waals surface area contributed by atoms with Crippen LogP contribution in [0.15, 0.2) is 24.3 Å². The van der Waals surface area contributed by atoms with Gasteiger partial charge in [-0.1, -0.05) is 25.1 Å². The molecule has 2 N–H and O–H groups in total. The topological polar surface area (TPSA) is 35.2 Å². The molecule has 78 valence electrons. The summed E-state index contributed by atoms with van der Waals surface area (Å²) < 4.78 is 5.78. The average molecular weight is 193 g/mol. The van der Waals surface area contributed by atoms with Gasteiger partial charge < -0.3 is 10.5 Å². The summed E-state index contributed by atoms with van der Waals surface area (Å²) in [6.07, 6.45) is 1.25. The standard InChI is InChI=1S/C12H19NO/c1-4-9(2)14-12-8-6-5-7-11(12)10(3)13/h5-10H,4,13H2,1-3H3. The van der Waals surface area contributed by atoms with Crippen molar-refractivity contribution < 1.29 is 4.74 Å². The second-order valence-electron chi connectivity index (χ2n) is 3.66. The van der Waals surface area contributed by atoms with Crippen LogP contribution in [0.2, 0.25) is 0 Å². The van der Waals surface area contributed by atoms with Gasteiger partial charge in [0.15, 0.2) is 0 Å². The number of para-hydroxylation sites is 1. The Bertz CT molecular complexity index is 283. The van der Waals surface area contributed by atoms with E-state index in [1.54, 1.807) is 0 Å². The molecular formula is C12H19NO. The van der Waals surface area contributed by atoms with E-state index >= 15 is 0 Å². The van der Waals surface area contributed by atoms with E-state index in [4.69, 9.17) is 10.5 Å². The molecule has 1 aromatic rings. The molecule has 0 aliphatic rings. The lowest BCUT2D eigenvalue weighted by Crippen LogP contribution is -2.13. The van der Waals surface area contributed by atoms with Crippen molar-refractivity contribution in [3.63, 3.8) is 0 Å². The first-order valence-electron chi connectivity index (χ1n) is 5.16. The Morgan fingerprint density at radius 1 is 1.29 bits per heavy atom. The van der Waals surface area contributed by atoms with Crippen molar-refractivity contribution in [2.45, 2.75) is 39.3 Å². The van der Waals surface area contributed by atoms with Crippen molar-refractivity contribution in [1.29, 1.82) is 0 Å². The smallest absolute Gasteiger partial charge is 0.124 e. The maximum Gasteiger partial charge on any atom is 0.124 e. The van der Waals surface area contributed by atoms with E-state index in [0.717, 1.165) is 17.7 Å². The highest BCUT2D eigenvalue weighted by Crippen LogP contribution is 2.24. The van der Waals surface area contributed by atoms with E-state index in [-0.39, 0.29) is 12.1 Å². The lowest BCUT2D eigenvalue weighted by Gasteiger charge is -2.17. The van der Waals surface area contributed by atoms with Crippen LogP contribution in [0, 0.1) is 0 Å². The molecule has 1 aromatic carbocycles. The van der Waals surface area contributed by atoms with E-state index in [0.29, 0.717) is 0 Å². The van der Waals surface area contributed by atoms with Gasteiger partial charge in [0.1, 0.15) is 5.75 Å². The summed E-state index contributed by atoms with van der Waals surface area (Å²) >= 11 is 0. The van der Waals surface area contributed by atoms with Gasteiger partial charge in [0.2, 0.25) is 0 Å². The SMILES string of the molecule is CCC(C)Oc1ccccc1C(C)N. The number of hydrogen-bond acceptors (Lipinski definition) is 2. The first-order chi connectivity index (χ1) is 6.65. The third-order valence-electron chi connectivity index (χ3n) is 2.31. The second-order valence-corrected chi connectivity index (χ2v) is 3.66. The van der Waals surface area contributed by atoms with Gasteiger partial charge >= 0.3 is 0 Å². The Morgan fingerprint density at radius 2 is 1.93 bits per heavy atom. The molecule has 2 heteroatoms. The summed E-state index contributed by atoms with van der Waals surface area (Å²) in [6, 6.07) is 7.98. The van der Waals surface area contributed by atoms with E-state index in [1.165, 1.54) is 0 Å². The highest BCUT2D eigenvalue weighted by Gasteiger charge is 2.08. The quantitative estimate of drug-likeness (QED) is 0.798. The molecule has 0 aliphatic heterocycles. The van der Waals surface area contributed by atoms with Crippen LogP contribution in [0.5, 0.6) is 5.75 Å². The van der Waals surface area contributed by atoms with Crippen molar-refractivity contribution >= 4 is 0 Å². The van der Waals surface area contributed by atoms with Crippen LogP contribution >= 0.6 is 0 Å². The zero-order valence-corrected chi connectivity index (χ0v) is 9.16. The molecule has 0 fully saturated rings. The lowest BCUT2D eigenvalue weighted by atomic mass is 10.1. The summed E-state index contributed by atoms with van der Waals surface area (Å²) in [4.78, 5) is 0. The molecule has 0 saturated heterocycles. The first kappa shape index (κ1) is 11.1. The number of ether oxygens (including phenoxy) is 1. The maximum atomic E-state index is 5.85. The van der Waals surface area contributed by atoms with Gasteiger partial charge in [-0.05, 0) is 26.3 Å². The van der Waals surface area contributed by atoms with Gasteiger partial charge in [-0.25, -0.2) is 0 Å². The lowest BCUT2D eigenvalue weighted by molar-refractivity contribution is 0.214. The van der Waals surface area contributed by atoms with Gasteiger partial charge in [0.05, 0.1) is 6.10 Å². The number of nitrogens with two attached hydrogens (primary N) is 1. The fourth-order valence-electron chi connectivity index (χ4n) is 1.26.